The maximum atomic E-state index is 13.1. The minimum atomic E-state index is -5.08. The van der Waals surface area contributed by atoms with E-state index >= 15 is 0 Å². The second-order valence-electron chi connectivity index (χ2n) is 7.80. The van der Waals surface area contributed by atoms with E-state index in [0.717, 1.165) is 11.3 Å². The highest BCUT2D eigenvalue weighted by Crippen LogP contribution is 2.38. The van der Waals surface area contributed by atoms with E-state index in [1.54, 1.807) is 28.5 Å². The number of amides is 2. The standard InChI is InChI=1S/C23H17F6N3O3S/c1-2-5-32-17-8-12(3-4-18(17)35-10-19(32)33)16-11-36-21(30-16)31-20(34)13-6-14(22(24,25)26)9-15(7-13)23(27,28)29/h3-4,6-9,11H,2,5,10H2,1H3,(H,30,31,34). The second kappa shape index (κ2) is 9.45. The first kappa shape index (κ1) is 25.5. The zero-order valence-corrected chi connectivity index (χ0v) is 19.3. The van der Waals surface area contributed by atoms with E-state index in [0.29, 0.717) is 47.8 Å². The third-order valence-corrected chi connectivity index (χ3v) is 5.98. The Morgan fingerprint density at radius 2 is 1.75 bits per heavy atom. The van der Waals surface area contributed by atoms with Crippen LogP contribution in [-0.4, -0.2) is 29.9 Å². The number of carbonyl (C=O) groups excluding carboxylic acids is 2. The average molecular weight is 529 g/mol. The van der Waals surface area contributed by atoms with Gasteiger partial charge in [-0.05, 0) is 42.8 Å². The SMILES string of the molecule is CCCN1C(=O)COc2ccc(-c3csc(NC(=O)c4cc(C(F)(F)F)cc(C(F)(F)F)c4)n3)cc21. The van der Waals surface area contributed by atoms with Crippen LogP contribution in [0.2, 0.25) is 0 Å². The Balaban J connectivity index is 1.60. The molecular formula is C23H17F6N3O3S. The van der Waals surface area contributed by atoms with E-state index in [1.165, 1.54) is 0 Å². The van der Waals surface area contributed by atoms with Gasteiger partial charge >= 0.3 is 12.4 Å². The fourth-order valence-corrected chi connectivity index (χ4v) is 4.26. The molecule has 1 aliphatic heterocycles. The number of thiazole rings is 1. The lowest BCUT2D eigenvalue weighted by Gasteiger charge is -2.29. The van der Waals surface area contributed by atoms with E-state index in [-0.39, 0.29) is 23.7 Å². The van der Waals surface area contributed by atoms with Crippen LogP contribution < -0.4 is 15.0 Å². The van der Waals surface area contributed by atoms with Crippen LogP contribution >= 0.6 is 11.3 Å². The molecule has 2 heterocycles. The molecule has 1 aliphatic rings. The van der Waals surface area contributed by atoms with Crippen molar-refractivity contribution in [3.8, 4) is 17.0 Å². The minimum absolute atomic E-state index is 0.0311. The third kappa shape index (κ3) is 5.30. The molecule has 3 aromatic rings. The van der Waals surface area contributed by atoms with E-state index < -0.39 is 35.0 Å². The van der Waals surface area contributed by atoms with Crippen molar-refractivity contribution in [1.29, 1.82) is 0 Å². The van der Waals surface area contributed by atoms with Crippen LogP contribution in [0.15, 0.2) is 41.8 Å². The van der Waals surface area contributed by atoms with Gasteiger partial charge in [-0.15, -0.1) is 11.3 Å². The van der Waals surface area contributed by atoms with Crippen LogP contribution in [-0.2, 0) is 17.1 Å². The monoisotopic (exact) mass is 529 g/mol. The first-order valence-electron chi connectivity index (χ1n) is 10.5. The van der Waals surface area contributed by atoms with Gasteiger partial charge in [0, 0.05) is 23.1 Å². The molecule has 0 aliphatic carbocycles. The summed E-state index contributed by atoms with van der Waals surface area (Å²) in [5, 5.41) is 3.77. The van der Waals surface area contributed by atoms with E-state index in [2.05, 4.69) is 10.3 Å². The Hall–Kier alpha value is -3.61. The number of hydrogen-bond donors (Lipinski definition) is 1. The van der Waals surface area contributed by atoms with Crippen LogP contribution in [0.1, 0.15) is 34.8 Å². The van der Waals surface area contributed by atoms with Crippen molar-refractivity contribution in [2.24, 2.45) is 0 Å². The average Bonchev–Trinajstić information content (AvgIpc) is 3.27. The van der Waals surface area contributed by atoms with Crippen LogP contribution in [0.5, 0.6) is 5.75 Å². The van der Waals surface area contributed by atoms with E-state index in [9.17, 15) is 35.9 Å². The maximum absolute atomic E-state index is 13.1. The van der Waals surface area contributed by atoms with Crippen molar-refractivity contribution in [1.82, 2.24) is 4.98 Å². The molecule has 2 amide bonds. The Morgan fingerprint density at radius 3 is 2.36 bits per heavy atom. The lowest BCUT2D eigenvalue weighted by atomic mass is 10.0. The van der Waals surface area contributed by atoms with Crippen LogP contribution in [0.25, 0.3) is 11.3 Å². The Bertz CT molecular complexity index is 1290. The van der Waals surface area contributed by atoms with Gasteiger partial charge in [-0.1, -0.05) is 6.92 Å². The first-order valence-corrected chi connectivity index (χ1v) is 11.4. The van der Waals surface area contributed by atoms with Crippen molar-refractivity contribution < 1.29 is 40.7 Å². The zero-order chi connectivity index (χ0) is 26.3. The molecule has 0 bridgehead atoms. The van der Waals surface area contributed by atoms with Gasteiger partial charge < -0.3 is 9.64 Å². The molecule has 0 saturated heterocycles. The summed E-state index contributed by atoms with van der Waals surface area (Å²) in [4.78, 5) is 30.6. The van der Waals surface area contributed by atoms with Gasteiger partial charge in [0.1, 0.15) is 5.75 Å². The summed E-state index contributed by atoms with van der Waals surface area (Å²) in [6, 6.07) is 5.68. The number of aromatic nitrogens is 1. The topological polar surface area (TPSA) is 71.5 Å². The molecule has 13 heteroatoms. The van der Waals surface area contributed by atoms with Crippen molar-refractivity contribution in [3.05, 3.63) is 58.5 Å². The van der Waals surface area contributed by atoms with Gasteiger partial charge in [-0.2, -0.15) is 26.3 Å². The summed E-state index contributed by atoms with van der Waals surface area (Å²) in [6.07, 6.45) is -9.43. The number of hydrogen-bond acceptors (Lipinski definition) is 5. The Morgan fingerprint density at radius 1 is 1.08 bits per heavy atom. The van der Waals surface area contributed by atoms with Crippen LogP contribution in [0.4, 0.5) is 37.2 Å². The van der Waals surface area contributed by atoms with Gasteiger partial charge in [0.2, 0.25) is 0 Å². The molecule has 1 N–H and O–H groups in total. The zero-order valence-electron chi connectivity index (χ0n) is 18.5. The van der Waals surface area contributed by atoms with Gasteiger partial charge in [0.15, 0.2) is 11.7 Å². The van der Waals surface area contributed by atoms with Crippen molar-refractivity contribution in [2.45, 2.75) is 25.7 Å². The van der Waals surface area contributed by atoms with Crippen LogP contribution in [0.3, 0.4) is 0 Å². The summed E-state index contributed by atoms with van der Waals surface area (Å²) in [7, 11) is 0. The largest absolute Gasteiger partial charge is 0.482 e. The third-order valence-electron chi connectivity index (χ3n) is 5.22. The van der Waals surface area contributed by atoms with E-state index in [1.807, 2.05) is 6.92 Å². The number of nitrogens with zero attached hydrogens (tertiary/aromatic N) is 2. The summed E-state index contributed by atoms with van der Waals surface area (Å²) in [5.41, 5.74) is -2.49. The number of anilines is 2. The highest BCUT2D eigenvalue weighted by atomic mass is 32.1. The van der Waals surface area contributed by atoms with Crippen LogP contribution in [0, 0.1) is 0 Å². The first-order chi connectivity index (χ1) is 16.9. The fourth-order valence-electron chi connectivity index (χ4n) is 3.55. The lowest BCUT2D eigenvalue weighted by molar-refractivity contribution is -0.143. The van der Waals surface area contributed by atoms with Gasteiger partial charge in [-0.3, -0.25) is 14.9 Å². The molecule has 0 radical (unpaired) electrons. The molecular weight excluding hydrogens is 512 g/mol. The molecule has 0 fully saturated rings. The highest BCUT2D eigenvalue weighted by molar-refractivity contribution is 7.14. The lowest BCUT2D eigenvalue weighted by Crippen LogP contribution is -2.39. The Kier molecular flexibility index (Phi) is 6.69. The van der Waals surface area contributed by atoms with Crippen molar-refractivity contribution >= 4 is 34.0 Å². The molecule has 0 unspecified atom stereocenters. The summed E-state index contributed by atoms with van der Waals surface area (Å²) in [5.74, 6) is -0.862. The Labute approximate surface area is 204 Å². The summed E-state index contributed by atoms with van der Waals surface area (Å²) >= 11 is 0.937. The number of rotatable bonds is 5. The number of ether oxygens (including phenoxy) is 1. The number of fused-ring (bicyclic) bond motifs is 1. The molecule has 6 nitrogen and oxygen atoms in total. The maximum Gasteiger partial charge on any atom is 0.416 e. The quantitative estimate of drug-likeness (QED) is 0.398. The predicted molar refractivity (Wildman–Crippen MR) is 120 cm³/mol. The van der Waals surface area contributed by atoms with Gasteiger partial charge in [0.25, 0.3) is 11.8 Å². The smallest absolute Gasteiger partial charge is 0.416 e. The number of alkyl halides is 6. The normalized spacial score (nSPS) is 13.9. The van der Waals surface area contributed by atoms with Crippen molar-refractivity contribution in [3.63, 3.8) is 0 Å². The van der Waals surface area contributed by atoms with Crippen molar-refractivity contribution in [2.75, 3.05) is 23.4 Å². The van der Waals surface area contributed by atoms with Gasteiger partial charge in [0.05, 0.1) is 22.5 Å². The number of halogens is 6. The van der Waals surface area contributed by atoms with E-state index in [4.69, 9.17) is 4.74 Å². The summed E-state index contributed by atoms with van der Waals surface area (Å²) < 4.78 is 84.0. The summed E-state index contributed by atoms with van der Waals surface area (Å²) in [6.45, 7) is 2.32. The van der Waals surface area contributed by atoms with Gasteiger partial charge in [-0.25, -0.2) is 4.98 Å². The number of carbonyl (C=O) groups is 2. The molecule has 36 heavy (non-hydrogen) atoms. The molecule has 0 saturated carbocycles. The molecule has 4 rings (SSSR count). The fraction of sp³-hybridized carbons (Fsp3) is 0.261. The number of benzene rings is 2. The molecule has 0 atom stereocenters. The number of nitrogens with one attached hydrogen (secondary N) is 1. The molecule has 2 aromatic carbocycles. The molecule has 0 spiro atoms. The second-order valence-corrected chi connectivity index (χ2v) is 8.66. The minimum Gasteiger partial charge on any atom is -0.482 e. The predicted octanol–water partition coefficient (Wildman–Crippen LogP) is 6.24. The highest BCUT2D eigenvalue weighted by Gasteiger charge is 2.37. The molecule has 190 valence electrons. The molecule has 1 aromatic heterocycles.